The second-order valence-electron chi connectivity index (χ2n) is 5.61. The van der Waals surface area contributed by atoms with Crippen LogP contribution in [0.4, 0.5) is 0 Å². The van der Waals surface area contributed by atoms with Crippen molar-refractivity contribution in [3.05, 3.63) is 42.2 Å². The number of H-pyrrole nitrogens is 1. The van der Waals surface area contributed by atoms with E-state index in [9.17, 15) is 0 Å². The Balaban J connectivity index is 0.00000242. The number of halogens is 1. The number of rotatable bonds is 7. The van der Waals surface area contributed by atoms with Crippen molar-refractivity contribution in [3.63, 3.8) is 0 Å². The van der Waals surface area contributed by atoms with Crippen molar-refractivity contribution in [2.24, 2.45) is 5.73 Å². The average Bonchev–Trinajstić information content (AvgIpc) is 2.87. The van der Waals surface area contributed by atoms with Gasteiger partial charge in [0, 0.05) is 37.6 Å². The van der Waals surface area contributed by atoms with Crippen molar-refractivity contribution in [2.45, 2.75) is 26.5 Å². The van der Waals surface area contributed by atoms with Crippen molar-refractivity contribution >= 4 is 12.4 Å². The molecular weight excluding hydrogens is 298 g/mol. The van der Waals surface area contributed by atoms with Crippen LogP contribution in [-0.2, 0) is 6.54 Å². The number of hydrogen-bond donors (Lipinski definition) is 2. The predicted octanol–water partition coefficient (Wildman–Crippen LogP) is 3.28. The minimum atomic E-state index is 0. The number of aromatic amines is 1. The van der Waals surface area contributed by atoms with Crippen LogP contribution in [-0.4, -0.2) is 36.1 Å². The van der Waals surface area contributed by atoms with Crippen molar-refractivity contribution < 1.29 is 4.74 Å². The number of aromatic nitrogens is 1. The van der Waals surface area contributed by atoms with Crippen molar-refractivity contribution in [1.82, 2.24) is 9.88 Å². The zero-order valence-corrected chi connectivity index (χ0v) is 14.3. The highest BCUT2D eigenvalue weighted by atomic mass is 35.5. The molecule has 0 spiro atoms. The Kier molecular flexibility index (Phi) is 7.45. The Morgan fingerprint density at radius 3 is 2.45 bits per heavy atom. The monoisotopic (exact) mass is 323 g/mol. The first kappa shape index (κ1) is 18.6. The quantitative estimate of drug-likeness (QED) is 0.822. The number of likely N-dealkylation sites (N-methyl/N-ethyl adjacent to an activating group) is 1. The standard InChI is InChI=1S/C17H25N3O.ClH/c1-13(2)21-16-6-4-14(5-7-16)17-11-19-10-15(17)12-20(3)9-8-18;/h4-7,10-11,13,19H,8-9,12,18H2,1-3H3;1H. The third-order valence-corrected chi connectivity index (χ3v) is 3.32. The highest BCUT2D eigenvalue weighted by Crippen LogP contribution is 2.26. The number of hydrogen-bond acceptors (Lipinski definition) is 3. The average molecular weight is 324 g/mol. The molecule has 1 aromatic heterocycles. The molecule has 1 aromatic carbocycles. The van der Waals surface area contributed by atoms with Gasteiger partial charge in [-0.25, -0.2) is 0 Å². The fourth-order valence-electron chi connectivity index (χ4n) is 2.37. The third-order valence-electron chi connectivity index (χ3n) is 3.32. The zero-order chi connectivity index (χ0) is 15.2. The van der Waals surface area contributed by atoms with E-state index in [-0.39, 0.29) is 18.5 Å². The maximum atomic E-state index is 5.68. The second-order valence-corrected chi connectivity index (χ2v) is 5.61. The lowest BCUT2D eigenvalue weighted by Crippen LogP contribution is -2.24. The molecule has 22 heavy (non-hydrogen) atoms. The number of benzene rings is 1. The first-order chi connectivity index (χ1) is 10.1. The smallest absolute Gasteiger partial charge is 0.119 e. The molecule has 2 aromatic rings. The largest absolute Gasteiger partial charge is 0.491 e. The van der Waals surface area contributed by atoms with E-state index in [1.54, 1.807) is 0 Å². The summed E-state index contributed by atoms with van der Waals surface area (Å²) < 4.78 is 5.68. The molecule has 2 rings (SSSR count). The lowest BCUT2D eigenvalue weighted by Gasteiger charge is -2.16. The minimum absolute atomic E-state index is 0. The Morgan fingerprint density at radius 2 is 1.86 bits per heavy atom. The molecule has 0 atom stereocenters. The van der Waals surface area contributed by atoms with E-state index in [0.717, 1.165) is 18.8 Å². The lowest BCUT2D eigenvalue weighted by molar-refractivity contribution is 0.242. The molecule has 0 radical (unpaired) electrons. The highest BCUT2D eigenvalue weighted by molar-refractivity contribution is 5.85. The summed E-state index contributed by atoms with van der Waals surface area (Å²) in [5.74, 6) is 0.908. The molecule has 0 amide bonds. The summed E-state index contributed by atoms with van der Waals surface area (Å²) in [6.07, 6.45) is 4.30. The molecule has 0 unspecified atom stereocenters. The molecule has 0 aliphatic rings. The van der Waals surface area contributed by atoms with Crippen LogP contribution in [0.2, 0.25) is 0 Å². The Morgan fingerprint density at radius 1 is 1.18 bits per heavy atom. The van der Waals surface area contributed by atoms with Crippen molar-refractivity contribution in [2.75, 3.05) is 20.1 Å². The van der Waals surface area contributed by atoms with E-state index in [1.807, 2.05) is 32.2 Å². The summed E-state index contributed by atoms with van der Waals surface area (Å²) in [5.41, 5.74) is 9.31. The van der Waals surface area contributed by atoms with Crippen LogP contribution in [0.3, 0.4) is 0 Å². The van der Waals surface area contributed by atoms with E-state index in [2.05, 4.69) is 35.3 Å². The van der Waals surface area contributed by atoms with Crippen LogP contribution in [0, 0.1) is 0 Å². The van der Waals surface area contributed by atoms with Gasteiger partial charge in [-0.05, 0) is 44.2 Å². The van der Waals surface area contributed by atoms with Crippen LogP contribution in [0.1, 0.15) is 19.4 Å². The fourth-order valence-corrected chi connectivity index (χ4v) is 2.37. The summed E-state index contributed by atoms with van der Waals surface area (Å²) in [6, 6.07) is 8.26. The maximum absolute atomic E-state index is 5.68. The molecule has 1 heterocycles. The summed E-state index contributed by atoms with van der Waals surface area (Å²) >= 11 is 0. The van der Waals surface area contributed by atoms with Gasteiger partial charge < -0.3 is 20.4 Å². The third kappa shape index (κ3) is 5.05. The Labute approximate surface area is 139 Å². The first-order valence-corrected chi connectivity index (χ1v) is 7.41. The fraction of sp³-hybridized carbons (Fsp3) is 0.412. The van der Waals surface area contributed by atoms with Gasteiger partial charge in [0.15, 0.2) is 0 Å². The van der Waals surface area contributed by atoms with Crippen LogP contribution in [0.15, 0.2) is 36.7 Å². The van der Waals surface area contributed by atoms with Crippen LogP contribution >= 0.6 is 12.4 Å². The number of nitrogens with one attached hydrogen (secondary N) is 1. The highest BCUT2D eigenvalue weighted by Gasteiger charge is 2.09. The van der Waals surface area contributed by atoms with Crippen molar-refractivity contribution in [1.29, 1.82) is 0 Å². The van der Waals surface area contributed by atoms with E-state index in [1.165, 1.54) is 16.7 Å². The Bertz CT molecular complexity index is 551. The van der Waals surface area contributed by atoms with Gasteiger partial charge in [0.05, 0.1) is 6.10 Å². The number of ether oxygens (including phenoxy) is 1. The molecule has 0 aliphatic carbocycles. The zero-order valence-electron chi connectivity index (χ0n) is 13.5. The first-order valence-electron chi connectivity index (χ1n) is 7.41. The Hall–Kier alpha value is -1.49. The number of nitrogens with two attached hydrogens (primary N) is 1. The summed E-state index contributed by atoms with van der Waals surface area (Å²) in [7, 11) is 2.09. The lowest BCUT2D eigenvalue weighted by atomic mass is 10.0. The molecule has 0 fully saturated rings. The van der Waals surface area contributed by atoms with Crippen LogP contribution in [0.25, 0.3) is 11.1 Å². The predicted molar refractivity (Wildman–Crippen MR) is 94.6 cm³/mol. The van der Waals surface area contributed by atoms with Gasteiger partial charge in [-0.3, -0.25) is 0 Å². The van der Waals surface area contributed by atoms with Crippen molar-refractivity contribution in [3.8, 4) is 16.9 Å². The van der Waals surface area contributed by atoms with Crippen LogP contribution in [0.5, 0.6) is 5.75 Å². The summed E-state index contributed by atoms with van der Waals surface area (Å²) in [4.78, 5) is 5.43. The normalized spacial score (nSPS) is 10.8. The van der Waals surface area contributed by atoms with Gasteiger partial charge in [0.1, 0.15) is 5.75 Å². The molecule has 0 saturated carbocycles. The molecule has 0 bridgehead atoms. The molecule has 5 heteroatoms. The molecular formula is C17H26ClN3O. The molecule has 4 nitrogen and oxygen atoms in total. The van der Waals surface area contributed by atoms with E-state index in [4.69, 9.17) is 10.5 Å². The van der Waals surface area contributed by atoms with Gasteiger partial charge in [0.25, 0.3) is 0 Å². The molecule has 0 saturated heterocycles. The second kappa shape index (κ2) is 8.83. The van der Waals surface area contributed by atoms with E-state index in [0.29, 0.717) is 6.54 Å². The molecule has 0 aliphatic heterocycles. The van der Waals surface area contributed by atoms with Gasteiger partial charge in [0.2, 0.25) is 0 Å². The summed E-state index contributed by atoms with van der Waals surface area (Å²) in [6.45, 7) is 6.53. The van der Waals surface area contributed by atoms with E-state index >= 15 is 0 Å². The summed E-state index contributed by atoms with van der Waals surface area (Å²) in [5, 5.41) is 0. The van der Waals surface area contributed by atoms with Gasteiger partial charge in [-0.15, -0.1) is 12.4 Å². The van der Waals surface area contributed by atoms with E-state index < -0.39 is 0 Å². The van der Waals surface area contributed by atoms with Gasteiger partial charge >= 0.3 is 0 Å². The molecule has 3 N–H and O–H groups in total. The van der Waals surface area contributed by atoms with Gasteiger partial charge in [-0.1, -0.05) is 12.1 Å². The SMILES string of the molecule is CC(C)Oc1ccc(-c2c[nH]cc2CN(C)CCN)cc1.Cl. The van der Waals surface area contributed by atoms with Gasteiger partial charge in [-0.2, -0.15) is 0 Å². The maximum Gasteiger partial charge on any atom is 0.119 e. The number of nitrogens with zero attached hydrogens (tertiary/aromatic N) is 1. The minimum Gasteiger partial charge on any atom is -0.491 e. The molecule has 122 valence electrons. The topological polar surface area (TPSA) is 54.3 Å². The van der Waals surface area contributed by atoms with Crippen LogP contribution < -0.4 is 10.5 Å².